The maximum Gasteiger partial charge on any atom is 0.328 e. The fourth-order valence-corrected chi connectivity index (χ4v) is 10.1. The van der Waals surface area contributed by atoms with Crippen molar-refractivity contribution in [3.05, 3.63) is 265 Å². The second-order valence-electron chi connectivity index (χ2n) is 22.3. The minimum atomic E-state index is -0.975. The van der Waals surface area contributed by atoms with Gasteiger partial charge in [-0.3, -0.25) is 54.0 Å². The first-order valence-electron chi connectivity index (χ1n) is 33.3. The first-order chi connectivity index (χ1) is 51.6. The van der Waals surface area contributed by atoms with Gasteiger partial charge in [0.05, 0.1) is 78.3 Å². The largest absolute Gasteiger partial charge is 0.481 e. The van der Waals surface area contributed by atoms with Gasteiger partial charge in [0.25, 0.3) is 17.7 Å². The highest BCUT2D eigenvalue weighted by Gasteiger charge is 2.19. The Morgan fingerprint density at radius 3 is 1.01 bits per heavy atom. The van der Waals surface area contributed by atoms with E-state index < -0.39 is 11.9 Å². The molecule has 4 heterocycles. The van der Waals surface area contributed by atoms with Crippen molar-refractivity contribution in [1.29, 1.82) is 0 Å². The standard InChI is InChI=1S/C20H20N4O2.C20H19N3O3.C19H17N3O3.C10H8N2O2.C10H13NO2.CH5N/c1-21-19(25)13-14-24(15-7-3-2-4-8-15)20(26)12-11-18-16-9-5-6-10-17(16)22-23-18;1-26-20(25)13-14-23(15-7-3-2-4-8-15)19(24)12-11-18-16-9-5-6-10-17(16)21-22-18;23-18(11-10-17-15-8-4-5-9-16(15)20-21-17)22(13-12-19(24)25)14-6-2-1-3-7-14;13-10(14)6-5-9-7-3-1-2-4-8(7)11-12-9;1-13-10(12)7-8-11-9-5-3-2-4-6-9;1-2/h2-12H,13-14H2,1H3,(H,21,25)(H,22,23);2-12H,13-14H2,1H3,(H,21,22);1-11H,12-13H2,(H,20,21)(H,24,25);1-6H,(H,11,12)(H,13,14);2-6,11H,7-8H2,1H3;2H2,1H3/b2*12-11+;11-10+;6-5+;;. The maximum atomic E-state index is 12.7. The van der Waals surface area contributed by atoms with Crippen molar-refractivity contribution in [2.24, 2.45) is 5.73 Å². The molecule has 0 spiro atoms. The third-order valence-corrected chi connectivity index (χ3v) is 15.4. The first kappa shape index (κ1) is 79.4. The van der Waals surface area contributed by atoms with Crippen molar-refractivity contribution < 1.29 is 58.0 Å². The molecule has 4 aromatic heterocycles. The number of nitrogens with zero attached hydrogens (tertiary/aromatic N) is 7. The van der Waals surface area contributed by atoms with Gasteiger partial charge in [0, 0.05) is 108 Å². The molecule has 12 aromatic rings. The molecule has 106 heavy (non-hydrogen) atoms. The van der Waals surface area contributed by atoms with Crippen LogP contribution in [0.4, 0.5) is 22.7 Å². The molecule has 0 radical (unpaired) electrons. The van der Waals surface area contributed by atoms with Crippen LogP contribution in [0.2, 0.25) is 0 Å². The van der Waals surface area contributed by atoms with Crippen LogP contribution < -0.4 is 31.1 Å². The number of aliphatic carboxylic acids is 2. The van der Waals surface area contributed by atoms with E-state index in [1.165, 1.54) is 50.5 Å². The van der Waals surface area contributed by atoms with Gasteiger partial charge in [0.2, 0.25) is 5.91 Å². The summed E-state index contributed by atoms with van der Waals surface area (Å²) in [5, 5.41) is 55.1. The van der Waals surface area contributed by atoms with Crippen LogP contribution in [0.3, 0.4) is 0 Å². The normalized spacial score (nSPS) is 10.7. The van der Waals surface area contributed by atoms with Gasteiger partial charge in [-0.2, -0.15) is 20.4 Å². The molecule has 8 aromatic carbocycles. The molecule has 0 aliphatic heterocycles. The number of rotatable bonds is 24. The second-order valence-corrected chi connectivity index (χ2v) is 22.3. The van der Waals surface area contributed by atoms with E-state index >= 15 is 0 Å². The van der Waals surface area contributed by atoms with Crippen molar-refractivity contribution in [2.45, 2.75) is 25.7 Å². The number of fused-ring (bicyclic) bond motifs is 4. The molecule has 544 valence electrons. The summed E-state index contributed by atoms with van der Waals surface area (Å²) < 4.78 is 9.18. The Morgan fingerprint density at radius 1 is 0.396 bits per heavy atom. The van der Waals surface area contributed by atoms with E-state index in [4.69, 9.17) is 10.2 Å². The minimum absolute atomic E-state index is 0.101. The lowest BCUT2D eigenvalue weighted by Gasteiger charge is -2.21. The molecule has 10 N–H and O–H groups in total. The first-order valence-corrected chi connectivity index (χ1v) is 33.3. The van der Waals surface area contributed by atoms with Crippen LogP contribution in [0.25, 0.3) is 67.9 Å². The highest BCUT2D eigenvalue weighted by atomic mass is 16.5. The summed E-state index contributed by atoms with van der Waals surface area (Å²) >= 11 is 0. The van der Waals surface area contributed by atoms with Crippen molar-refractivity contribution in [2.75, 3.05) is 74.5 Å². The number of amides is 4. The summed E-state index contributed by atoms with van der Waals surface area (Å²) in [5.74, 6) is -3.31. The van der Waals surface area contributed by atoms with Crippen molar-refractivity contribution in [1.82, 2.24) is 46.1 Å². The Labute approximate surface area is 610 Å². The van der Waals surface area contributed by atoms with Crippen LogP contribution in [-0.4, -0.2) is 153 Å². The zero-order valence-electron chi connectivity index (χ0n) is 58.7. The number of carbonyl (C=O) groups excluding carboxylic acids is 6. The van der Waals surface area contributed by atoms with Crippen LogP contribution in [0.5, 0.6) is 0 Å². The quantitative estimate of drug-likeness (QED) is 0.0200. The maximum absolute atomic E-state index is 12.7. The molecule has 0 aliphatic carbocycles. The second kappa shape index (κ2) is 43.0. The van der Waals surface area contributed by atoms with Crippen LogP contribution in [0, 0.1) is 0 Å². The summed E-state index contributed by atoms with van der Waals surface area (Å²) in [5.41, 5.74) is 14.0. The van der Waals surface area contributed by atoms with Crippen molar-refractivity contribution in [3.8, 4) is 0 Å². The topological polar surface area (TPSA) is 370 Å². The van der Waals surface area contributed by atoms with E-state index in [2.05, 4.69) is 66.6 Å². The number of methoxy groups -OCH3 is 2. The molecule has 26 heteroatoms. The number of carbonyl (C=O) groups is 8. The molecule has 0 aliphatic rings. The summed E-state index contributed by atoms with van der Waals surface area (Å²) in [7, 11) is 5.81. The summed E-state index contributed by atoms with van der Waals surface area (Å²) in [6.45, 7) is 1.25. The lowest BCUT2D eigenvalue weighted by molar-refractivity contribution is -0.141. The van der Waals surface area contributed by atoms with E-state index in [-0.39, 0.29) is 67.9 Å². The summed E-state index contributed by atoms with van der Waals surface area (Å²) in [6.07, 6.45) is 12.5. The highest BCUT2D eigenvalue weighted by Crippen LogP contribution is 2.23. The average molecular weight is 1430 g/mol. The van der Waals surface area contributed by atoms with E-state index in [1.54, 1.807) is 59.3 Å². The number of benzene rings is 8. The van der Waals surface area contributed by atoms with Crippen molar-refractivity contribution >= 4 is 138 Å². The number of aromatic nitrogens is 8. The molecule has 0 saturated heterocycles. The number of carboxylic acid groups (broad SMARTS) is 2. The fourth-order valence-electron chi connectivity index (χ4n) is 10.1. The van der Waals surface area contributed by atoms with Crippen LogP contribution in [0.1, 0.15) is 48.5 Å². The Kier molecular flexibility index (Phi) is 32.3. The van der Waals surface area contributed by atoms with Gasteiger partial charge < -0.3 is 50.8 Å². The Hall–Kier alpha value is -13.9. The molecule has 0 saturated carbocycles. The number of para-hydroxylation sites is 8. The Balaban J connectivity index is 0.000000188. The van der Waals surface area contributed by atoms with E-state index in [0.29, 0.717) is 48.0 Å². The zero-order valence-corrected chi connectivity index (χ0v) is 58.7. The molecule has 4 amide bonds. The van der Waals surface area contributed by atoms with Crippen molar-refractivity contribution in [3.63, 3.8) is 0 Å². The summed E-state index contributed by atoms with van der Waals surface area (Å²) in [4.78, 5) is 97.6. The number of hydrogen-bond acceptors (Lipinski definition) is 16. The van der Waals surface area contributed by atoms with Crippen LogP contribution >= 0.6 is 0 Å². The molecular weight excluding hydrogens is 1350 g/mol. The number of anilines is 4. The average Bonchev–Trinajstić information content (AvgIpc) is 1.67. The molecule has 12 rings (SSSR count). The molecule has 0 unspecified atom stereocenters. The molecule has 0 atom stereocenters. The lowest BCUT2D eigenvalue weighted by Crippen LogP contribution is -2.33. The van der Waals surface area contributed by atoms with Gasteiger partial charge in [-0.25, -0.2) is 4.79 Å². The van der Waals surface area contributed by atoms with Gasteiger partial charge in [0.15, 0.2) is 0 Å². The number of carboxylic acids is 2. The predicted molar refractivity (Wildman–Crippen MR) is 414 cm³/mol. The third-order valence-electron chi connectivity index (χ3n) is 15.4. The zero-order chi connectivity index (χ0) is 75.8. The Morgan fingerprint density at radius 2 is 0.689 bits per heavy atom. The van der Waals surface area contributed by atoms with Gasteiger partial charge in [0.1, 0.15) is 0 Å². The minimum Gasteiger partial charge on any atom is -0.481 e. The number of aromatic amines is 4. The number of H-pyrrole nitrogens is 4. The van der Waals surface area contributed by atoms with Crippen LogP contribution in [-0.2, 0) is 47.8 Å². The lowest BCUT2D eigenvalue weighted by atomic mass is 10.2. The Bertz CT molecular complexity index is 4760. The molecule has 0 fully saturated rings. The SMILES string of the molecule is CN.CNC(=O)CCN(C(=O)/C=C/c1n[nH]c2ccccc12)c1ccccc1.COC(=O)CCN(C(=O)/C=C/c1n[nH]c2ccccc12)c1ccccc1.COC(=O)CCNc1ccccc1.O=C(O)/C=C/c1n[nH]c2ccccc12.O=C(O)CCN(C(=O)/C=C/c1n[nH]c2ccccc12)c1ccccc1. The van der Waals surface area contributed by atoms with E-state index in [1.807, 2.05) is 194 Å². The summed E-state index contributed by atoms with van der Waals surface area (Å²) in [6, 6.07) is 67.9. The number of nitrogens with two attached hydrogens (primary N) is 1. The highest BCUT2D eigenvalue weighted by molar-refractivity contribution is 6.07. The van der Waals surface area contributed by atoms with Gasteiger partial charge in [-0.05, 0) is 104 Å². The monoisotopic (exact) mass is 1430 g/mol. The molecule has 0 bridgehead atoms. The van der Waals surface area contributed by atoms with Gasteiger partial charge in [-0.15, -0.1) is 0 Å². The molecule has 26 nitrogen and oxygen atoms in total. The number of ether oxygens (including phenoxy) is 2. The fraction of sp³-hybridized carbons (Fsp3) is 0.150. The molecular formula is C80H82N14O12. The number of nitrogens with one attached hydrogen (secondary N) is 6. The number of hydrogen-bond donors (Lipinski definition) is 9. The van der Waals surface area contributed by atoms with Gasteiger partial charge in [-0.1, -0.05) is 146 Å². The number of esters is 2. The van der Waals surface area contributed by atoms with Gasteiger partial charge >= 0.3 is 23.9 Å². The predicted octanol–water partition coefficient (Wildman–Crippen LogP) is 11.9. The van der Waals surface area contributed by atoms with Crippen LogP contribution in [0.15, 0.2) is 243 Å². The van der Waals surface area contributed by atoms with E-state index in [0.717, 1.165) is 66.7 Å². The smallest absolute Gasteiger partial charge is 0.328 e. The third kappa shape index (κ3) is 25.0. The van der Waals surface area contributed by atoms with E-state index in [9.17, 15) is 38.4 Å².